The second kappa shape index (κ2) is 6.88. The summed E-state index contributed by atoms with van der Waals surface area (Å²) in [6, 6.07) is 13.0. The highest BCUT2D eigenvalue weighted by atomic mass is 32.2. The minimum atomic E-state index is -1.13. The largest absolute Gasteiger partial charge is 0.325 e. The first-order chi connectivity index (χ1) is 12.0. The summed E-state index contributed by atoms with van der Waals surface area (Å²) in [7, 11) is 0. The van der Waals surface area contributed by atoms with E-state index in [4.69, 9.17) is 0 Å². The normalized spacial score (nSPS) is 20.0. The minimum absolute atomic E-state index is 0.211. The fourth-order valence-corrected chi connectivity index (χ4v) is 3.47. The first-order valence-corrected chi connectivity index (χ1v) is 9.25. The molecular formula is C19H19FN2O2S. The van der Waals surface area contributed by atoms with Crippen molar-refractivity contribution in [1.29, 1.82) is 0 Å². The van der Waals surface area contributed by atoms with Crippen molar-refractivity contribution >= 4 is 23.7 Å². The van der Waals surface area contributed by atoms with E-state index in [2.05, 4.69) is 5.32 Å². The van der Waals surface area contributed by atoms with Crippen LogP contribution < -0.4 is 5.32 Å². The summed E-state index contributed by atoms with van der Waals surface area (Å²) in [4.78, 5) is 27.8. The van der Waals surface area contributed by atoms with Crippen LogP contribution in [0.25, 0.3) is 0 Å². The molecule has 0 spiro atoms. The van der Waals surface area contributed by atoms with Crippen molar-refractivity contribution < 1.29 is 14.0 Å². The molecule has 3 rings (SSSR count). The maximum Gasteiger partial charge on any atom is 0.325 e. The number of urea groups is 1. The summed E-state index contributed by atoms with van der Waals surface area (Å²) < 4.78 is 13.2. The molecule has 0 bridgehead atoms. The minimum Gasteiger partial charge on any atom is -0.319 e. The van der Waals surface area contributed by atoms with Gasteiger partial charge < -0.3 is 5.32 Å². The Labute approximate surface area is 150 Å². The van der Waals surface area contributed by atoms with Gasteiger partial charge in [-0.05, 0) is 48.1 Å². The van der Waals surface area contributed by atoms with Crippen LogP contribution in [0.5, 0.6) is 0 Å². The molecule has 1 saturated heterocycles. The van der Waals surface area contributed by atoms with Crippen molar-refractivity contribution in [2.24, 2.45) is 0 Å². The molecule has 1 aliphatic heterocycles. The van der Waals surface area contributed by atoms with Gasteiger partial charge in [0.25, 0.3) is 5.91 Å². The average molecular weight is 358 g/mol. The van der Waals surface area contributed by atoms with Gasteiger partial charge in [0.2, 0.25) is 0 Å². The van der Waals surface area contributed by atoms with Crippen molar-refractivity contribution in [2.75, 3.05) is 6.26 Å². The van der Waals surface area contributed by atoms with Gasteiger partial charge in [-0.25, -0.2) is 9.18 Å². The lowest BCUT2D eigenvalue weighted by molar-refractivity contribution is -0.132. The molecule has 4 nitrogen and oxygen atoms in total. The Balaban J connectivity index is 1.88. The van der Waals surface area contributed by atoms with Gasteiger partial charge in [0.05, 0.1) is 6.54 Å². The van der Waals surface area contributed by atoms with Crippen LogP contribution >= 0.6 is 11.8 Å². The number of thioether (sulfide) groups is 1. The van der Waals surface area contributed by atoms with Gasteiger partial charge in [-0.2, -0.15) is 0 Å². The zero-order chi connectivity index (χ0) is 18.0. The number of hydrogen-bond donors (Lipinski definition) is 1. The summed E-state index contributed by atoms with van der Waals surface area (Å²) in [5.41, 5.74) is 0.339. The van der Waals surface area contributed by atoms with Crippen molar-refractivity contribution in [1.82, 2.24) is 10.2 Å². The number of rotatable bonds is 5. The Bertz CT molecular complexity index is 792. The number of hydrogen-bond acceptors (Lipinski definition) is 3. The van der Waals surface area contributed by atoms with E-state index in [1.54, 1.807) is 23.9 Å². The van der Waals surface area contributed by atoms with Crippen LogP contribution in [0.4, 0.5) is 9.18 Å². The number of carbonyl (C=O) groups excluding carboxylic acids is 2. The Morgan fingerprint density at radius 1 is 1.08 bits per heavy atom. The molecule has 25 heavy (non-hydrogen) atoms. The summed E-state index contributed by atoms with van der Waals surface area (Å²) in [5, 5.41) is 2.81. The van der Waals surface area contributed by atoms with Gasteiger partial charge in [-0.15, -0.1) is 11.8 Å². The standard InChI is InChI=1S/C19H19FN2O2S/c1-3-19(14-6-8-15(20)9-7-14)17(23)22(18(24)21-19)12-13-4-10-16(25-2)11-5-13/h4-11H,3,12H2,1-2H3,(H,21,24)/t19-/m1/s1. The highest BCUT2D eigenvalue weighted by Crippen LogP contribution is 2.33. The quantitative estimate of drug-likeness (QED) is 0.651. The van der Waals surface area contributed by atoms with Crippen molar-refractivity contribution in [3.63, 3.8) is 0 Å². The molecule has 130 valence electrons. The average Bonchev–Trinajstić information content (AvgIpc) is 2.88. The number of amides is 3. The van der Waals surface area contributed by atoms with Crippen LogP contribution in [0.1, 0.15) is 24.5 Å². The predicted octanol–water partition coefficient (Wildman–Crippen LogP) is 3.90. The van der Waals surface area contributed by atoms with Gasteiger partial charge >= 0.3 is 6.03 Å². The fourth-order valence-electron chi connectivity index (χ4n) is 3.06. The zero-order valence-electron chi connectivity index (χ0n) is 14.1. The smallest absolute Gasteiger partial charge is 0.319 e. The Morgan fingerprint density at radius 3 is 2.28 bits per heavy atom. The molecule has 0 aromatic heterocycles. The highest BCUT2D eigenvalue weighted by Gasteiger charge is 2.51. The van der Waals surface area contributed by atoms with Gasteiger partial charge in [0.15, 0.2) is 0 Å². The maximum absolute atomic E-state index is 13.2. The Hall–Kier alpha value is -2.34. The zero-order valence-corrected chi connectivity index (χ0v) is 14.9. The topological polar surface area (TPSA) is 49.4 Å². The van der Waals surface area contributed by atoms with E-state index in [0.29, 0.717) is 12.0 Å². The van der Waals surface area contributed by atoms with Crippen LogP contribution in [0.2, 0.25) is 0 Å². The second-order valence-electron chi connectivity index (χ2n) is 5.94. The third-order valence-electron chi connectivity index (χ3n) is 4.54. The third kappa shape index (κ3) is 3.14. The molecule has 0 saturated carbocycles. The van der Waals surface area contributed by atoms with E-state index in [9.17, 15) is 14.0 Å². The summed E-state index contributed by atoms with van der Waals surface area (Å²) >= 11 is 1.63. The first kappa shape index (κ1) is 17.5. The molecule has 3 amide bonds. The number of nitrogens with zero attached hydrogens (tertiary/aromatic N) is 1. The van der Waals surface area contributed by atoms with Gasteiger partial charge in [0.1, 0.15) is 11.4 Å². The molecule has 0 unspecified atom stereocenters. The molecule has 2 aromatic carbocycles. The summed E-state index contributed by atoms with van der Waals surface area (Å²) in [6.45, 7) is 2.04. The third-order valence-corrected chi connectivity index (χ3v) is 5.29. The van der Waals surface area contributed by atoms with E-state index in [1.165, 1.54) is 17.0 Å². The highest BCUT2D eigenvalue weighted by molar-refractivity contribution is 7.98. The molecule has 1 N–H and O–H groups in total. The van der Waals surface area contributed by atoms with E-state index in [1.807, 2.05) is 37.4 Å². The Kier molecular flexibility index (Phi) is 4.81. The lowest BCUT2D eigenvalue weighted by Gasteiger charge is -2.25. The van der Waals surface area contributed by atoms with Gasteiger partial charge in [0, 0.05) is 4.90 Å². The molecule has 2 aromatic rings. The van der Waals surface area contributed by atoms with E-state index < -0.39 is 11.6 Å². The van der Waals surface area contributed by atoms with E-state index >= 15 is 0 Å². The van der Waals surface area contributed by atoms with Crippen molar-refractivity contribution in [3.8, 4) is 0 Å². The molecule has 0 radical (unpaired) electrons. The molecule has 1 heterocycles. The van der Waals surface area contributed by atoms with Crippen molar-refractivity contribution in [2.45, 2.75) is 30.3 Å². The molecule has 1 fully saturated rings. The van der Waals surface area contributed by atoms with Crippen LogP contribution in [0.3, 0.4) is 0 Å². The van der Waals surface area contributed by atoms with Gasteiger partial charge in [-0.1, -0.05) is 31.2 Å². The SMILES string of the molecule is CC[C@]1(c2ccc(F)cc2)NC(=O)N(Cc2ccc(SC)cc2)C1=O. The molecule has 6 heteroatoms. The maximum atomic E-state index is 13.2. The lowest BCUT2D eigenvalue weighted by atomic mass is 9.87. The predicted molar refractivity (Wildman–Crippen MR) is 95.7 cm³/mol. The number of nitrogens with one attached hydrogen (secondary N) is 1. The second-order valence-corrected chi connectivity index (χ2v) is 6.81. The van der Waals surface area contributed by atoms with Crippen LogP contribution in [-0.2, 0) is 16.9 Å². The van der Waals surface area contributed by atoms with Crippen molar-refractivity contribution in [3.05, 3.63) is 65.5 Å². The number of carbonyl (C=O) groups is 2. The number of imide groups is 1. The van der Waals surface area contributed by atoms with Gasteiger partial charge in [-0.3, -0.25) is 9.69 Å². The summed E-state index contributed by atoms with van der Waals surface area (Å²) in [5.74, 6) is -0.682. The lowest BCUT2D eigenvalue weighted by Crippen LogP contribution is -2.43. The van der Waals surface area contributed by atoms with Crippen LogP contribution in [-0.4, -0.2) is 23.1 Å². The first-order valence-electron chi connectivity index (χ1n) is 8.03. The summed E-state index contributed by atoms with van der Waals surface area (Å²) in [6.07, 6.45) is 2.38. The van der Waals surface area contributed by atoms with Crippen LogP contribution in [0.15, 0.2) is 53.4 Å². The monoisotopic (exact) mass is 358 g/mol. The van der Waals surface area contributed by atoms with Crippen LogP contribution in [0, 0.1) is 5.82 Å². The van der Waals surface area contributed by atoms with E-state index in [-0.39, 0.29) is 18.3 Å². The fraction of sp³-hybridized carbons (Fsp3) is 0.263. The molecular weight excluding hydrogens is 339 g/mol. The van der Waals surface area contributed by atoms with E-state index in [0.717, 1.165) is 10.5 Å². The molecule has 0 aliphatic carbocycles. The number of halogens is 1. The molecule has 1 atom stereocenters. The molecule has 1 aliphatic rings. The Morgan fingerprint density at radius 2 is 1.72 bits per heavy atom. The number of benzene rings is 2.